The fourth-order valence-corrected chi connectivity index (χ4v) is 1.49. The van der Waals surface area contributed by atoms with Crippen LogP contribution in [0.4, 0.5) is 0 Å². The first kappa shape index (κ1) is 13.2. The summed E-state index contributed by atoms with van der Waals surface area (Å²) in [7, 11) is 0. The molecule has 2 atom stereocenters. The summed E-state index contributed by atoms with van der Waals surface area (Å²) in [5.74, 6) is -1.45. The molecule has 0 heterocycles. The Morgan fingerprint density at radius 2 is 2.07 bits per heavy atom. The second-order valence-electron chi connectivity index (χ2n) is 2.79. The van der Waals surface area contributed by atoms with Gasteiger partial charge in [0, 0.05) is 0 Å². The van der Waals surface area contributed by atoms with E-state index in [4.69, 9.17) is 10.2 Å². The monoisotopic (exact) mass is 221 g/mol. The summed E-state index contributed by atoms with van der Waals surface area (Å²) in [4.78, 5) is 21.3. The molecule has 1 amide bonds. The van der Waals surface area contributed by atoms with Crippen LogP contribution in [0, 0.1) is 0 Å². The number of carbonyl (C=O) groups is 2. The fourth-order valence-electron chi connectivity index (χ4n) is 0.713. The van der Waals surface area contributed by atoms with Crippen molar-refractivity contribution in [3.63, 3.8) is 0 Å². The first-order valence-corrected chi connectivity index (χ1v) is 5.34. The number of aliphatic hydroxyl groups excluding tert-OH is 1. The third-order valence-electron chi connectivity index (χ3n) is 1.46. The van der Waals surface area contributed by atoms with E-state index in [1.165, 1.54) is 6.92 Å². The van der Waals surface area contributed by atoms with Crippen molar-refractivity contribution in [3.8, 4) is 0 Å². The smallest absolute Gasteiger partial charge is 0.313 e. The van der Waals surface area contributed by atoms with Crippen LogP contribution in [0.25, 0.3) is 0 Å². The van der Waals surface area contributed by atoms with Crippen LogP contribution < -0.4 is 5.32 Å². The SMILES string of the molecule is CCC(NC(=O)C(C)O)SCC(=O)O. The van der Waals surface area contributed by atoms with Gasteiger partial charge in [-0.3, -0.25) is 9.59 Å². The van der Waals surface area contributed by atoms with Crippen LogP contribution >= 0.6 is 11.8 Å². The predicted molar refractivity (Wildman–Crippen MR) is 54.0 cm³/mol. The van der Waals surface area contributed by atoms with Crippen LogP contribution in [0.2, 0.25) is 0 Å². The van der Waals surface area contributed by atoms with Gasteiger partial charge in [0.05, 0.1) is 11.1 Å². The average molecular weight is 221 g/mol. The molecule has 0 spiro atoms. The summed E-state index contributed by atoms with van der Waals surface area (Å²) in [5.41, 5.74) is 0. The molecular formula is C8H15NO4S. The van der Waals surface area contributed by atoms with Crippen molar-refractivity contribution in [1.29, 1.82) is 0 Å². The van der Waals surface area contributed by atoms with Crippen molar-refractivity contribution in [2.75, 3.05) is 5.75 Å². The number of aliphatic hydroxyl groups is 1. The molecule has 0 bridgehead atoms. The number of aliphatic carboxylic acids is 1. The number of hydrogen-bond donors (Lipinski definition) is 3. The Kier molecular flexibility index (Phi) is 6.31. The minimum absolute atomic E-state index is 0.0569. The fraction of sp³-hybridized carbons (Fsp3) is 0.750. The van der Waals surface area contributed by atoms with E-state index in [0.717, 1.165) is 11.8 Å². The Bertz CT molecular complexity index is 208. The molecule has 0 fully saturated rings. The lowest BCUT2D eigenvalue weighted by molar-refractivity contribution is -0.134. The van der Waals surface area contributed by atoms with E-state index < -0.39 is 18.0 Å². The maximum absolute atomic E-state index is 11.0. The lowest BCUT2D eigenvalue weighted by atomic mass is 10.3. The summed E-state index contributed by atoms with van der Waals surface area (Å²) >= 11 is 1.13. The van der Waals surface area contributed by atoms with E-state index in [9.17, 15) is 9.59 Å². The Balaban J connectivity index is 3.90. The highest BCUT2D eigenvalue weighted by atomic mass is 32.2. The normalized spacial score (nSPS) is 14.5. The molecule has 0 saturated heterocycles. The summed E-state index contributed by atoms with van der Waals surface area (Å²) in [6, 6.07) is 0. The number of carbonyl (C=O) groups excluding carboxylic acids is 1. The lowest BCUT2D eigenvalue weighted by Crippen LogP contribution is -2.38. The van der Waals surface area contributed by atoms with E-state index in [0.29, 0.717) is 6.42 Å². The number of hydrogen-bond acceptors (Lipinski definition) is 4. The van der Waals surface area contributed by atoms with E-state index in [2.05, 4.69) is 5.32 Å². The van der Waals surface area contributed by atoms with Crippen LogP contribution in [0.3, 0.4) is 0 Å². The van der Waals surface area contributed by atoms with Crippen molar-refractivity contribution < 1.29 is 19.8 Å². The molecule has 6 heteroatoms. The Labute approximate surface area is 86.9 Å². The van der Waals surface area contributed by atoms with Gasteiger partial charge in [-0.2, -0.15) is 0 Å². The van der Waals surface area contributed by atoms with Crippen LogP contribution in [-0.4, -0.2) is 39.3 Å². The van der Waals surface area contributed by atoms with E-state index in [1.807, 2.05) is 6.92 Å². The minimum atomic E-state index is -1.06. The predicted octanol–water partition coefficient (Wildman–Crippen LogP) is 0.0373. The summed E-state index contributed by atoms with van der Waals surface area (Å²) in [6.45, 7) is 3.20. The maximum Gasteiger partial charge on any atom is 0.313 e. The van der Waals surface area contributed by atoms with Crippen LogP contribution in [0.15, 0.2) is 0 Å². The second kappa shape index (κ2) is 6.67. The highest BCUT2D eigenvalue weighted by Gasteiger charge is 2.15. The summed E-state index contributed by atoms with van der Waals surface area (Å²) in [6.07, 6.45) is -0.439. The third-order valence-corrected chi connectivity index (χ3v) is 2.73. The van der Waals surface area contributed by atoms with Gasteiger partial charge in [-0.15, -0.1) is 11.8 Å². The Morgan fingerprint density at radius 3 is 2.43 bits per heavy atom. The van der Waals surface area contributed by atoms with E-state index >= 15 is 0 Å². The third kappa shape index (κ3) is 5.82. The minimum Gasteiger partial charge on any atom is -0.481 e. The molecule has 0 aliphatic rings. The number of carboxylic acid groups (broad SMARTS) is 1. The molecule has 0 aliphatic heterocycles. The second-order valence-corrected chi connectivity index (χ2v) is 3.98. The molecule has 14 heavy (non-hydrogen) atoms. The van der Waals surface area contributed by atoms with Gasteiger partial charge in [0.15, 0.2) is 0 Å². The molecule has 3 N–H and O–H groups in total. The standard InChI is InChI=1S/C8H15NO4S/c1-3-6(14-4-7(11)12)9-8(13)5(2)10/h5-6,10H,3-4H2,1-2H3,(H,9,13)(H,11,12). The molecular weight excluding hydrogens is 206 g/mol. The van der Waals surface area contributed by atoms with Gasteiger partial charge in [0.2, 0.25) is 5.91 Å². The summed E-state index contributed by atoms with van der Waals surface area (Å²) in [5, 5.41) is 19.6. The highest BCUT2D eigenvalue weighted by Crippen LogP contribution is 2.11. The molecule has 0 aliphatic carbocycles. The Hall–Kier alpha value is -0.750. The number of thioether (sulfide) groups is 1. The molecule has 0 aromatic rings. The number of nitrogens with one attached hydrogen (secondary N) is 1. The zero-order valence-corrected chi connectivity index (χ0v) is 9.00. The molecule has 0 aromatic carbocycles. The number of carboxylic acids is 1. The van der Waals surface area contributed by atoms with Gasteiger partial charge in [-0.1, -0.05) is 6.92 Å². The molecule has 0 saturated carbocycles. The maximum atomic E-state index is 11.0. The van der Waals surface area contributed by atoms with Crippen molar-refractivity contribution in [3.05, 3.63) is 0 Å². The van der Waals surface area contributed by atoms with Gasteiger partial charge in [-0.25, -0.2) is 0 Å². The van der Waals surface area contributed by atoms with E-state index in [-0.39, 0.29) is 11.1 Å². The molecule has 2 unspecified atom stereocenters. The number of amides is 1. The van der Waals surface area contributed by atoms with Crippen molar-refractivity contribution in [2.24, 2.45) is 0 Å². The van der Waals surface area contributed by atoms with Gasteiger partial charge in [0.25, 0.3) is 0 Å². The van der Waals surface area contributed by atoms with Crippen molar-refractivity contribution in [1.82, 2.24) is 5.32 Å². The topological polar surface area (TPSA) is 86.6 Å². The quantitative estimate of drug-likeness (QED) is 0.551. The highest BCUT2D eigenvalue weighted by molar-refractivity contribution is 8.00. The van der Waals surface area contributed by atoms with Crippen molar-refractivity contribution >= 4 is 23.6 Å². The zero-order chi connectivity index (χ0) is 11.1. The zero-order valence-electron chi connectivity index (χ0n) is 8.19. The molecule has 0 aromatic heterocycles. The van der Waals surface area contributed by atoms with Crippen LogP contribution in [-0.2, 0) is 9.59 Å². The van der Waals surface area contributed by atoms with Crippen molar-refractivity contribution in [2.45, 2.75) is 31.7 Å². The molecule has 82 valence electrons. The van der Waals surface area contributed by atoms with Gasteiger partial charge >= 0.3 is 5.97 Å². The van der Waals surface area contributed by atoms with Crippen LogP contribution in [0.1, 0.15) is 20.3 Å². The van der Waals surface area contributed by atoms with E-state index in [1.54, 1.807) is 0 Å². The molecule has 5 nitrogen and oxygen atoms in total. The van der Waals surface area contributed by atoms with Gasteiger partial charge in [-0.05, 0) is 13.3 Å². The number of rotatable bonds is 6. The summed E-state index contributed by atoms with van der Waals surface area (Å²) < 4.78 is 0. The average Bonchev–Trinajstić information content (AvgIpc) is 2.11. The first-order chi connectivity index (χ1) is 6.47. The first-order valence-electron chi connectivity index (χ1n) is 4.29. The van der Waals surface area contributed by atoms with Crippen LogP contribution in [0.5, 0.6) is 0 Å². The molecule has 0 rings (SSSR count). The van der Waals surface area contributed by atoms with Gasteiger partial charge in [0.1, 0.15) is 6.10 Å². The molecule has 0 radical (unpaired) electrons. The largest absolute Gasteiger partial charge is 0.481 e. The lowest BCUT2D eigenvalue weighted by Gasteiger charge is -2.16. The van der Waals surface area contributed by atoms with Gasteiger partial charge < -0.3 is 15.5 Å². The Morgan fingerprint density at radius 1 is 1.50 bits per heavy atom.